The third-order valence-corrected chi connectivity index (χ3v) is 5.09. The second-order valence-electron chi connectivity index (χ2n) is 5.86. The van der Waals surface area contributed by atoms with E-state index in [1.54, 1.807) is 37.4 Å². The molecule has 0 aliphatic carbocycles. The first-order chi connectivity index (χ1) is 13.7. The zero-order valence-corrected chi connectivity index (χ0v) is 16.2. The topological polar surface area (TPSA) is 68.3 Å². The van der Waals surface area contributed by atoms with E-state index < -0.39 is 5.25 Å². The number of nitrogens with one attached hydrogen (secondary N) is 1. The first-order valence-electron chi connectivity index (χ1n) is 8.88. The number of rotatable bonds is 7. The molecule has 28 heavy (non-hydrogen) atoms. The van der Waals surface area contributed by atoms with Crippen molar-refractivity contribution in [2.45, 2.75) is 17.2 Å². The van der Waals surface area contributed by atoms with Crippen LogP contribution in [-0.4, -0.2) is 23.5 Å². The Morgan fingerprint density at radius 1 is 1.00 bits per heavy atom. The van der Waals surface area contributed by atoms with E-state index in [0.29, 0.717) is 17.9 Å². The molecule has 142 valence electrons. The molecule has 1 heterocycles. The van der Waals surface area contributed by atoms with Crippen LogP contribution in [0.15, 0.2) is 84.0 Å². The third-order valence-electron chi connectivity index (χ3n) is 3.88. The maximum atomic E-state index is 13.0. The Morgan fingerprint density at radius 2 is 1.71 bits per heavy atom. The first-order valence-corrected chi connectivity index (χ1v) is 9.76. The summed E-state index contributed by atoms with van der Waals surface area (Å²) in [4.78, 5) is 29.1. The maximum absolute atomic E-state index is 13.0. The summed E-state index contributed by atoms with van der Waals surface area (Å²) in [6.45, 7) is 2.08. The minimum Gasteiger partial charge on any atom is -0.462 e. The summed E-state index contributed by atoms with van der Waals surface area (Å²) < 4.78 is 4.97. The lowest BCUT2D eigenvalue weighted by molar-refractivity contribution is -0.115. The third kappa shape index (κ3) is 5.20. The number of thioether (sulfide) groups is 1. The Hall–Kier alpha value is -3.12. The summed E-state index contributed by atoms with van der Waals surface area (Å²) >= 11 is 1.39. The van der Waals surface area contributed by atoms with Crippen molar-refractivity contribution >= 4 is 29.3 Å². The van der Waals surface area contributed by atoms with Crippen LogP contribution in [0.2, 0.25) is 0 Å². The van der Waals surface area contributed by atoms with Gasteiger partial charge in [-0.15, -0.1) is 0 Å². The van der Waals surface area contributed by atoms with Gasteiger partial charge in [0.25, 0.3) is 0 Å². The van der Waals surface area contributed by atoms with Crippen molar-refractivity contribution in [2.24, 2.45) is 0 Å². The van der Waals surface area contributed by atoms with E-state index in [1.165, 1.54) is 11.8 Å². The molecule has 0 fully saturated rings. The van der Waals surface area contributed by atoms with Gasteiger partial charge in [0.15, 0.2) is 0 Å². The molecule has 1 atom stereocenters. The Labute approximate surface area is 168 Å². The number of nitrogens with zero attached hydrogens (tertiary/aromatic N) is 1. The number of hydrogen-bond acceptors (Lipinski definition) is 5. The first kappa shape index (κ1) is 19.6. The van der Waals surface area contributed by atoms with Gasteiger partial charge in [-0.25, -0.2) is 9.78 Å². The van der Waals surface area contributed by atoms with Crippen LogP contribution in [0, 0.1) is 0 Å². The van der Waals surface area contributed by atoms with Crippen LogP contribution >= 0.6 is 11.8 Å². The van der Waals surface area contributed by atoms with E-state index in [0.717, 1.165) is 10.6 Å². The highest BCUT2D eigenvalue weighted by Crippen LogP contribution is 2.35. The lowest BCUT2D eigenvalue weighted by atomic mass is 10.1. The SMILES string of the molecule is CCOC(=O)c1ccc(NC(=O)[C@@H](Sc2ccccn2)c2ccccc2)cc1. The van der Waals surface area contributed by atoms with E-state index in [9.17, 15) is 9.59 Å². The van der Waals surface area contributed by atoms with E-state index in [1.807, 2.05) is 48.5 Å². The highest BCUT2D eigenvalue weighted by molar-refractivity contribution is 8.00. The zero-order valence-electron chi connectivity index (χ0n) is 15.4. The van der Waals surface area contributed by atoms with Crippen molar-refractivity contribution in [1.82, 2.24) is 4.98 Å². The summed E-state index contributed by atoms with van der Waals surface area (Å²) in [6, 6.07) is 21.8. The molecule has 2 aromatic carbocycles. The Bertz CT molecular complexity index is 916. The van der Waals surface area contributed by atoms with Gasteiger partial charge < -0.3 is 10.1 Å². The van der Waals surface area contributed by atoms with E-state index >= 15 is 0 Å². The molecule has 1 aromatic heterocycles. The van der Waals surface area contributed by atoms with Gasteiger partial charge in [0.05, 0.1) is 17.2 Å². The number of pyridine rings is 1. The number of aromatic nitrogens is 1. The van der Waals surface area contributed by atoms with Crippen LogP contribution in [0.25, 0.3) is 0 Å². The fourth-order valence-electron chi connectivity index (χ4n) is 2.55. The van der Waals surface area contributed by atoms with Crippen LogP contribution in [0.3, 0.4) is 0 Å². The van der Waals surface area contributed by atoms with E-state index in [2.05, 4.69) is 10.3 Å². The molecule has 6 heteroatoms. The Balaban J connectivity index is 1.77. The van der Waals surface area contributed by atoms with Gasteiger partial charge in [-0.3, -0.25) is 4.79 Å². The number of carbonyl (C=O) groups is 2. The minimum absolute atomic E-state index is 0.161. The second kappa shape index (κ2) is 9.71. The molecule has 5 nitrogen and oxygen atoms in total. The zero-order chi connectivity index (χ0) is 19.8. The molecule has 0 aliphatic heterocycles. The van der Waals surface area contributed by atoms with Gasteiger partial charge in [0, 0.05) is 11.9 Å². The fraction of sp³-hybridized carbons (Fsp3) is 0.136. The standard InChI is InChI=1S/C22H20N2O3S/c1-2-27-22(26)17-11-13-18(14-12-17)24-21(25)20(16-8-4-3-5-9-16)28-19-10-6-7-15-23-19/h3-15,20H,2H2,1H3,(H,24,25)/t20-/m0/s1. The molecule has 3 aromatic rings. The molecular formula is C22H20N2O3S. The second-order valence-corrected chi connectivity index (χ2v) is 6.99. The van der Waals surface area contributed by atoms with Gasteiger partial charge in [0.2, 0.25) is 5.91 Å². The summed E-state index contributed by atoms with van der Waals surface area (Å²) in [5, 5.41) is 3.23. The minimum atomic E-state index is -0.458. The lowest BCUT2D eigenvalue weighted by Gasteiger charge is -2.16. The van der Waals surface area contributed by atoms with Gasteiger partial charge in [-0.05, 0) is 48.9 Å². The molecule has 0 aliphatic rings. The number of ether oxygens (including phenoxy) is 1. The van der Waals surface area contributed by atoms with E-state index in [4.69, 9.17) is 4.74 Å². The molecule has 1 amide bonds. The number of carbonyl (C=O) groups excluding carboxylic acids is 2. The molecule has 0 saturated carbocycles. The Morgan fingerprint density at radius 3 is 2.36 bits per heavy atom. The normalized spacial score (nSPS) is 11.5. The van der Waals surface area contributed by atoms with Gasteiger partial charge in [-0.2, -0.15) is 0 Å². The van der Waals surface area contributed by atoms with Crippen molar-refractivity contribution in [3.63, 3.8) is 0 Å². The predicted molar refractivity (Wildman–Crippen MR) is 110 cm³/mol. The Kier molecular flexibility index (Phi) is 6.81. The highest BCUT2D eigenvalue weighted by Gasteiger charge is 2.22. The number of hydrogen-bond donors (Lipinski definition) is 1. The number of esters is 1. The molecule has 1 N–H and O–H groups in total. The summed E-state index contributed by atoms with van der Waals surface area (Å²) in [5.41, 5.74) is 1.95. The van der Waals surface area contributed by atoms with Crippen molar-refractivity contribution in [2.75, 3.05) is 11.9 Å². The molecule has 0 bridgehead atoms. The van der Waals surface area contributed by atoms with Crippen molar-refractivity contribution in [1.29, 1.82) is 0 Å². The fourth-order valence-corrected chi connectivity index (χ4v) is 3.53. The molecular weight excluding hydrogens is 372 g/mol. The van der Waals surface area contributed by atoms with Crippen LogP contribution < -0.4 is 5.32 Å². The summed E-state index contributed by atoms with van der Waals surface area (Å²) in [6.07, 6.45) is 1.70. The summed E-state index contributed by atoms with van der Waals surface area (Å²) in [7, 11) is 0. The van der Waals surface area contributed by atoms with Crippen LogP contribution in [0.1, 0.15) is 28.1 Å². The predicted octanol–water partition coefficient (Wildman–Crippen LogP) is 4.73. The number of anilines is 1. The van der Waals surface area contributed by atoms with Gasteiger partial charge in [-0.1, -0.05) is 48.2 Å². The molecule has 0 radical (unpaired) electrons. The molecule has 0 saturated heterocycles. The number of benzene rings is 2. The van der Waals surface area contributed by atoms with Crippen LogP contribution in [0.5, 0.6) is 0 Å². The van der Waals surface area contributed by atoms with Crippen molar-refractivity contribution < 1.29 is 14.3 Å². The maximum Gasteiger partial charge on any atom is 0.338 e. The van der Waals surface area contributed by atoms with E-state index in [-0.39, 0.29) is 11.9 Å². The monoisotopic (exact) mass is 392 g/mol. The lowest BCUT2D eigenvalue weighted by Crippen LogP contribution is -2.19. The van der Waals surface area contributed by atoms with Crippen molar-refractivity contribution in [3.05, 3.63) is 90.1 Å². The van der Waals surface area contributed by atoms with Gasteiger partial charge >= 0.3 is 5.97 Å². The molecule has 0 unspecified atom stereocenters. The molecule has 0 spiro atoms. The highest BCUT2D eigenvalue weighted by atomic mass is 32.2. The van der Waals surface area contributed by atoms with Crippen molar-refractivity contribution in [3.8, 4) is 0 Å². The number of amides is 1. The smallest absolute Gasteiger partial charge is 0.338 e. The largest absolute Gasteiger partial charge is 0.462 e. The van der Waals surface area contributed by atoms with Crippen LogP contribution in [0.4, 0.5) is 5.69 Å². The van der Waals surface area contributed by atoms with Gasteiger partial charge in [0.1, 0.15) is 5.25 Å². The average Bonchev–Trinajstić information content (AvgIpc) is 2.74. The summed E-state index contributed by atoms with van der Waals surface area (Å²) in [5.74, 6) is -0.543. The molecule has 3 rings (SSSR count). The quantitative estimate of drug-likeness (QED) is 0.465. The average molecular weight is 392 g/mol. The van der Waals surface area contributed by atoms with Crippen LogP contribution in [-0.2, 0) is 9.53 Å².